The highest BCUT2D eigenvalue weighted by Crippen LogP contribution is 2.28. The zero-order valence-corrected chi connectivity index (χ0v) is 15.6. The Morgan fingerprint density at radius 2 is 1.72 bits per heavy atom. The van der Waals surface area contributed by atoms with Crippen molar-refractivity contribution in [2.24, 2.45) is 0 Å². The van der Waals surface area contributed by atoms with E-state index in [4.69, 9.17) is 5.11 Å². The van der Waals surface area contributed by atoms with Crippen molar-refractivity contribution >= 4 is 11.9 Å². The molecule has 2 aromatic rings. The second-order valence-corrected chi connectivity index (χ2v) is 6.28. The maximum absolute atomic E-state index is 12.9. The Bertz CT molecular complexity index is 970. The highest BCUT2D eigenvalue weighted by molar-refractivity contribution is 5.89. The number of nitrogens with zero attached hydrogens (tertiary/aromatic N) is 2. The number of allylic oxidation sites excluding steroid dienone is 1. The van der Waals surface area contributed by atoms with Crippen LogP contribution in [0.1, 0.15) is 24.2 Å². The van der Waals surface area contributed by atoms with E-state index in [-0.39, 0.29) is 23.6 Å². The van der Waals surface area contributed by atoms with Crippen LogP contribution in [0.15, 0.2) is 66.3 Å². The predicted molar refractivity (Wildman–Crippen MR) is 99.9 cm³/mol. The summed E-state index contributed by atoms with van der Waals surface area (Å²) < 4.78 is 39.2. The van der Waals surface area contributed by atoms with Crippen LogP contribution in [0.5, 0.6) is 0 Å². The molecule has 0 aliphatic carbocycles. The summed E-state index contributed by atoms with van der Waals surface area (Å²) >= 11 is 0. The molecule has 0 bridgehead atoms. The van der Waals surface area contributed by atoms with Gasteiger partial charge in [0.1, 0.15) is 5.76 Å². The summed E-state index contributed by atoms with van der Waals surface area (Å²) in [5.74, 6) is -3.26. The Morgan fingerprint density at radius 1 is 1.07 bits per heavy atom. The predicted octanol–water partition coefficient (Wildman–Crippen LogP) is 4.57. The van der Waals surface area contributed by atoms with Crippen molar-refractivity contribution in [1.82, 2.24) is 9.47 Å². The van der Waals surface area contributed by atoms with Crippen LogP contribution in [0, 0.1) is 0 Å². The van der Waals surface area contributed by atoms with Crippen molar-refractivity contribution < 1.29 is 33.0 Å². The quantitative estimate of drug-likeness (QED) is 0.541. The van der Waals surface area contributed by atoms with Crippen molar-refractivity contribution in [3.8, 4) is 11.3 Å². The largest absolute Gasteiger partial charge is 0.511 e. The number of aliphatic carboxylic acids is 1. The molecule has 0 unspecified atom stereocenters. The minimum absolute atomic E-state index is 0.00407. The SMILES string of the molecule is C/C(O)=C\N(/C=C(\C)C(=O)O)Cc1ccccc1-c1cccn1C(=O)C(F)(F)F. The molecular weight excluding hydrogens is 389 g/mol. The van der Waals surface area contributed by atoms with Crippen LogP contribution >= 0.6 is 0 Å². The molecule has 0 aliphatic rings. The lowest BCUT2D eigenvalue weighted by atomic mass is 10.0. The number of aliphatic hydroxyl groups is 1. The number of alkyl halides is 3. The molecule has 154 valence electrons. The van der Waals surface area contributed by atoms with E-state index >= 15 is 0 Å². The molecule has 0 spiro atoms. The number of aliphatic hydroxyl groups excluding tert-OH is 1. The number of carbonyl (C=O) groups is 2. The highest BCUT2D eigenvalue weighted by atomic mass is 19.4. The molecule has 2 N–H and O–H groups in total. The monoisotopic (exact) mass is 408 g/mol. The van der Waals surface area contributed by atoms with Gasteiger partial charge in [-0.15, -0.1) is 0 Å². The molecule has 0 saturated heterocycles. The Labute approximate surface area is 164 Å². The molecule has 2 rings (SSSR count). The van der Waals surface area contributed by atoms with Gasteiger partial charge in [0.05, 0.1) is 11.3 Å². The lowest BCUT2D eigenvalue weighted by Crippen LogP contribution is -2.29. The van der Waals surface area contributed by atoms with Gasteiger partial charge in [-0.05, 0) is 31.5 Å². The number of rotatable bonds is 6. The van der Waals surface area contributed by atoms with Gasteiger partial charge >= 0.3 is 18.1 Å². The Morgan fingerprint density at radius 3 is 2.31 bits per heavy atom. The molecule has 6 nitrogen and oxygen atoms in total. The molecule has 0 aliphatic heterocycles. The third kappa shape index (κ3) is 5.50. The normalized spacial score (nSPS) is 12.7. The molecule has 0 atom stereocenters. The number of hydrogen-bond acceptors (Lipinski definition) is 4. The number of hydrogen-bond donors (Lipinski definition) is 2. The third-order valence-corrected chi connectivity index (χ3v) is 3.91. The minimum Gasteiger partial charge on any atom is -0.511 e. The summed E-state index contributed by atoms with van der Waals surface area (Å²) in [5, 5.41) is 18.7. The van der Waals surface area contributed by atoms with Gasteiger partial charge in [0.25, 0.3) is 0 Å². The number of aromatic nitrogens is 1. The molecule has 0 radical (unpaired) electrons. The maximum Gasteiger partial charge on any atom is 0.472 e. The van der Waals surface area contributed by atoms with E-state index in [2.05, 4.69) is 0 Å². The molecule has 9 heteroatoms. The van der Waals surface area contributed by atoms with E-state index < -0.39 is 18.1 Å². The second kappa shape index (κ2) is 8.68. The first kappa shape index (κ1) is 21.8. The summed E-state index contributed by atoms with van der Waals surface area (Å²) in [4.78, 5) is 24.2. The van der Waals surface area contributed by atoms with Gasteiger partial charge in [-0.1, -0.05) is 24.3 Å². The zero-order valence-electron chi connectivity index (χ0n) is 15.6. The van der Waals surface area contributed by atoms with Gasteiger partial charge in [0.15, 0.2) is 0 Å². The number of benzene rings is 1. The van der Waals surface area contributed by atoms with Crippen LogP contribution in [0.2, 0.25) is 0 Å². The van der Waals surface area contributed by atoms with Crippen LogP contribution in [0.3, 0.4) is 0 Å². The fourth-order valence-electron chi connectivity index (χ4n) is 2.69. The topological polar surface area (TPSA) is 82.8 Å². The van der Waals surface area contributed by atoms with E-state index in [9.17, 15) is 27.9 Å². The van der Waals surface area contributed by atoms with Crippen molar-refractivity contribution in [1.29, 1.82) is 0 Å². The summed E-state index contributed by atoms with van der Waals surface area (Å²) in [6.07, 6.45) is -1.42. The fraction of sp³-hybridized carbons (Fsp3) is 0.200. The van der Waals surface area contributed by atoms with Crippen molar-refractivity contribution in [2.45, 2.75) is 26.6 Å². The Hall–Kier alpha value is -3.49. The molecule has 1 heterocycles. The van der Waals surface area contributed by atoms with Gasteiger partial charge in [0, 0.05) is 30.7 Å². The van der Waals surface area contributed by atoms with Gasteiger partial charge < -0.3 is 15.1 Å². The molecule has 1 aromatic heterocycles. The first-order chi connectivity index (χ1) is 13.5. The van der Waals surface area contributed by atoms with Gasteiger partial charge in [-0.3, -0.25) is 9.36 Å². The van der Waals surface area contributed by atoms with E-state index in [1.807, 2.05) is 0 Å². The van der Waals surface area contributed by atoms with Crippen LogP contribution in [0.4, 0.5) is 13.2 Å². The van der Waals surface area contributed by atoms with Gasteiger partial charge in [-0.2, -0.15) is 13.2 Å². The minimum atomic E-state index is -5.03. The third-order valence-electron chi connectivity index (χ3n) is 3.91. The summed E-state index contributed by atoms with van der Waals surface area (Å²) in [5.41, 5.74) is 0.932. The van der Waals surface area contributed by atoms with Crippen LogP contribution in [-0.2, 0) is 11.3 Å². The van der Waals surface area contributed by atoms with Crippen LogP contribution in [-0.4, -0.2) is 37.7 Å². The average Bonchev–Trinajstić information content (AvgIpc) is 3.09. The van der Waals surface area contributed by atoms with E-state index in [0.29, 0.717) is 15.7 Å². The number of halogens is 3. The van der Waals surface area contributed by atoms with E-state index in [0.717, 1.165) is 6.20 Å². The zero-order chi connectivity index (χ0) is 21.8. The highest BCUT2D eigenvalue weighted by Gasteiger charge is 2.40. The molecular formula is C20H19F3N2O4. The lowest BCUT2D eigenvalue weighted by Gasteiger charge is -2.20. The van der Waals surface area contributed by atoms with Crippen LogP contribution < -0.4 is 0 Å². The second-order valence-electron chi connectivity index (χ2n) is 6.28. The maximum atomic E-state index is 12.9. The van der Waals surface area contributed by atoms with Gasteiger partial charge in [-0.25, -0.2) is 4.79 Å². The first-order valence-corrected chi connectivity index (χ1v) is 8.42. The number of carbonyl (C=O) groups excluding carboxylic acids is 1. The van der Waals surface area contributed by atoms with E-state index in [1.165, 1.54) is 43.3 Å². The Balaban J connectivity index is 2.50. The first-order valence-electron chi connectivity index (χ1n) is 8.42. The molecule has 0 amide bonds. The molecule has 0 saturated carbocycles. The molecule has 29 heavy (non-hydrogen) atoms. The van der Waals surface area contributed by atoms with Gasteiger partial charge in [0.2, 0.25) is 0 Å². The van der Waals surface area contributed by atoms with Crippen LogP contribution in [0.25, 0.3) is 11.3 Å². The number of carboxylic acid groups (broad SMARTS) is 1. The molecule has 0 fully saturated rings. The van der Waals surface area contributed by atoms with E-state index in [1.54, 1.807) is 24.3 Å². The van der Waals surface area contributed by atoms with Crippen molar-refractivity contribution in [3.05, 3.63) is 71.9 Å². The smallest absolute Gasteiger partial charge is 0.472 e. The van der Waals surface area contributed by atoms with Crippen molar-refractivity contribution in [3.63, 3.8) is 0 Å². The average molecular weight is 408 g/mol. The summed E-state index contributed by atoms with van der Waals surface area (Å²) in [6.45, 7) is 2.81. The molecule has 1 aromatic carbocycles. The fourth-order valence-corrected chi connectivity index (χ4v) is 2.69. The summed E-state index contributed by atoms with van der Waals surface area (Å²) in [6, 6.07) is 9.20. The van der Waals surface area contributed by atoms with Crippen molar-refractivity contribution in [2.75, 3.05) is 0 Å². The lowest BCUT2D eigenvalue weighted by molar-refractivity contribution is -0.132. The number of carboxylic acids is 1. The Kier molecular flexibility index (Phi) is 6.53. The standard InChI is InChI=1S/C20H19F3N2O4/c1-13(18(27)28)10-24(11-14(2)26)12-15-6-3-4-7-16(15)17-8-5-9-25(17)19(29)20(21,22)23/h3-11,26H,12H2,1-2H3,(H,27,28)/b13-10+,14-11+. The summed E-state index contributed by atoms with van der Waals surface area (Å²) in [7, 11) is 0.